The Hall–Kier alpha value is -3.25. The van der Waals surface area contributed by atoms with Crippen molar-refractivity contribution in [3.8, 4) is 0 Å². The summed E-state index contributed by atoms with van der Waals surface area (Å²) in [5, 5.41) is 43.8. The van der Waals surface area contributed by atoms with E-state index in [1.807, 2.05) is 0 Å². The number of rotatable bonds is 7. The number of carbonyl (C=O) groups is 5. The minimum atomic E-state index is -1.78. The molecule has 0 heterocycles. The zero-order valence-electron chi connectivity index (χ0n) is 12.5. The second-order valence-corrected chi connectivity index (χ2v) is 4.57. The predicted octanol–water partition coefficient (Wildman–Crippen LogP) is 1.06. The Kier molecular flexibility index (Phi) is 7.80. The van der Waals surface area contributed by atoms with Crippen molar-refractivity contribution in [1.82, 2.24) is 14.7 Å². The van der Waals surface area contributed by atoms with Crippen molar-refractivity contribution >= 4 is 30.5 Å². The molecular weight excluding hydrogens is 334 g/mol. The van der Waals surface area contributed by atoms with Gasteiger partial charge in [0.1, 0.15) is 0 Å². The molecule has 13 nitrogen and oxygen atoms in total. The molecule has 0 bridgehead atoms. The third-order valence-electron chi connectivity index (χ3n) is 2.93. The van der Waals surface area contributed by atoms with E-state index in [2.05, 4.69) is 0 Å². The molecule has 13 heteroatoms. The van der Waals surface area contributed by atoms with Crippen molar-refractivity contribution in [2.75, 3.05) is 19.6 Å². The lowest BCUT2D eigenvalue weighted by Crippen LogP contribution is -2.48. The van der Waals surface area contributed by atoms with Gasteiger partial charge in [-0.05, 0) is 13.3 Å². The molecule has 0 aromatic rings. The average Bonchev–Trinajstić information content (AvgIpc) is 2.42. The molecule has 0 aliphatic rings. The summed E-state index contributed by atoms with van der Waals surface area (Å²) in [6, 6.07) is -1.06. The summed E-state index contributed by atoms with van der Waals surface area (Å²) in [5.41, 5.74) is 0. The van der Waals surface area contributed by atoms with E-state index < -0.39 is 49.6 Å². The van der Waals surface area contributed by atoms with Gasteiger partial charge in [-0.25, -0.2) is 33.8 Å². The highest BCUT2D eigenvalue weighted by atomic mass is 16.4. The van der Waals surface area contributed by atoms with Crippen molar-refractivity contribution in [2.24, 2.45) is 0 Å². The first kappa shape index (κ1) is 20.8. The smallest absolute Gasteiger partial charge is 0.416 e. The van der Waals surface area contributed by atoms with E-state index in [-0.39, 0.29) is 22.8 Å². The van der Waals surface area contributed by atoms with E-state index in [1.54, 1.807) is 0 Å². The van der Waals surface area contributed by atoms with Crippen LogP contribution in [0.1, 0.15) is 13.3 Å². The third kappa shape index (κ3) is 6.25. The molecular formula is C11H17N3O10. The van der Waals surface area contributed by atoms with Crippen molar-refractivity contribution in [3.63, 3.8) is 0 Å². The van der Waals surface area contributed by atoms with Crippen LogP contribution in [0.2, 0.25) is 0 Å². The minimum Gasteiger partial charge on any atom is -0.465 e. The maximum absolute atomic E-state index is 11.2. The van der Waals surface area contributed by atoms with Crippen LogP contribution in [0, 0.1) is 0 Å². The third-order valence-corrected chi connectivity index (χ3v) is 2.93. The van der Waals surface area contributed by atoms with Gasteiger partial charge < -0.3 is 30.4 Å². The van der Waals surface area contributed by atoms with Crippen molar-refractivity contribution < 1.29 is 49.5 Å². The topological polar surface area (TPSA) is 196 Å². The molecule has 0 aromatic heterocycles. The molecule has 0 saturated heterocycles. The highest BCUT2D eigenvalue weighted by molar-refractivity contribution is 5.86. The zero-order chi connectivity index (χ0) is 19.0. The molecule has 0 rings (SSSR count). The fourth-order valence-corrected chi connectivity index (χ4v) is 1.78. The van der Waals surface area contributed by atoms with Gasteiger partial charge in [0.15, 0.2) is 0 Å². The number of amides is 5. The average molecular weight is 351 g/mol. The van der Waals surface area contributed by atoms with Crippen molar-refractivity contribution in [3.05, 3.63) is 0 Å². The van der Waals surface area contributed by atoms with Gasteiger partial charge in [0.25, 0.3) is 0 Å². The summed E-state index contributed by atoms with van der Waals surface area (Å²) in [6.45, 7) is -0.207. The van der Waals surface area contributed by atoms with Crippen LogP contribution in [-0.2, 0) is 0 Å². The maximum Gasteiger partial charge on any atom is 0.416 e. The lowest BCUT2D eigenvalue weighted by Gasteiger charge is -2.29. The largest absolute Gasteiger partial charge is 0.465 e. The molecule has 0 saturated carbocycles. The van der Waals surface area contributed by atoms with Gasteiger partial charge in [-0.15, -0.1) is 0 Å². The summed E-state index contributed by atoms with van der Waals surface area (Å²) >= 11 is 0. The van der Waals surface area contributed by atoms with Crippen LogP contribution in [0.5, 0.6) is 0 Å². The lowest BCUT2D eigenvalue weighted by atomic mass is 10.2. The monoisotopic (exact) mass is 351 g/mol. The molecule has 0 aromatic carbocycles. The van der Waals surface area contributed by atoms with E-state index in [9.17, 15) is 24.0 Å². The molecule has 1 atom stereocenters. The van der Waals surface area contributed by atoms with E-state index in [0.29, 0.717) is 4.90 Å². The lowest BCUT2D eigenvalue weighted by molar-refractivity contribution is 0.0914. The first-order valence-corrected chi connectivity index (χ1v) is 6.45. The molecule has 0 aliphatic carbocycles. The molecule has 5 N–H and O–H groups in total. The first-order valence-electron chi connectivity index (χ1n) is 6.45. The normalized spacial score (nSPS) is 11.2. The van der Waals surface area contributed by atoms with Gasteiger partial charge in [0, 0.05) is 13.1 Å². The van der Waals surface area contributed by atoms with Gasteiger partial charge in [0.2, 0.25) is 0 Å². The van der Waals surface area contributed by atoms with Crippen LogP contribution in [0.3, 0.4) is 0 Å². The second kappa shape index (κ2) is 9.02. The quantitative estimate of drug-likeness (QED) is 0.442. The Balaban J connectivity index is 4.83. The number of hydrogen-bond donors (Lipinski definition) is 5. The van der Waals surface area contributed by atoms with E-state index >= 15 is 0 Å². The Morgan fingerprint density at radius 2 is 1.12 bits per heavy atom. The van der Waals surface area contributed by atoms with Gasteiger partial charge in [0.05, 0.1) is 12.6 Å². The van der Waals surface area contributed by atoms with E-state index in [0.717, 1.165) is 0 Å². The van der Waals surface area contributed by atoms with Crippen LogP contribution in [0.15, 0.2) is 0 Å². The summed E-state index contributed by atoms with van der Waals surface area (Å²) in [4.78, 5) is 54.8. The van der Waals surface area contributed by atoms with E-state index in [4.69, 9.17) is 25.5 Å². The zero-order valence-corrected chi connectivity index (χ0v) is 12.5. The fourth-order valence-electron chi connectivity index (χ4n) is 1.78. The van der Waals surface area contributed by atoms with Crippen LogP contribution >= 0.6 is 0 Å². The van der Waals surface area contributed by atoms with Crippen LogP contribution in [0.4, 0.5) is 24.0 Å². The Morgan fingerprint density at radius 3 is 1.46 bits per heavy atom. The standard InChI is InChI=1S/C11H17N3O10/c1-6(5-14(10(21)22)11(23)24)12(7(15)16)3-2-4-13(8(17)18)9(19)20/h6H,2-5H2,1H3,(H,15,16)(H,17,18)(H,19,20)(H,21,22)(H,23,24). The summed E-state index contributed by atoms with van der Waals surface area (Å²) in [7, 11) is 0. The number of carboxylic acid groups (broad SMARTS) is 5. The highest BCUT2D eigenvalue weighted by Crippen LogP contribution is 2.06. The van der Waals surface area contributed by atoms with Gasteiger partial charge >= 0.3 is 30.5 Å². The summed E-state index contributed by atoms with van der Waals surface area (Å²) in [6.07, 6.45) is -8.67. The summed E-state index contributed by atoms with van der Waals surface area (Å²) in [5.74, 6) is 0. The molecule has 0 radical (unpaired) electrons. The maximum atomic E-state index is 11.2. The molecule has 1 unspecified atom stereocenters. The van der Waals surface area contributed by atoms with Crippen LogP contribution in [0.25, 0.3) is 0 Å². The van der Waals surface area contributed by atoms with Crippen molar-refractivity contribution in [1.29, 1.82) is 0 Å². The SMILES string of the molecule is CC(CN(C(=O)O)C(=O)O)N(CCCN(C(=O)O)C(=O)O)C(=O)O. The molecule has 24 heavy (non-hydrogen) atoms. The highest BCUT2D eigenvalue weighted by Gasteiger charge is 2.28. The molecule has 5 amide bonds. The molecule has 0 aliphatic heterocycles. The Labute approximate surface area is 134 Å². The summed E-state index contributed by atoms with van der Waals surface area (Å²) < 4.78 is 0. The Morgan fingerprint density at radius 1 is 0.708 bits per heavy atom. The van der Waals surface area contributed by atoms with Crippen LogP contribution in [-0.4, -0.2) is 96.4 Å². The Bertz CT molecular complexity index is 494. The molecule has 136 valence electrons. The first-order chi connectivity index (χ1) is 11.0. The van der Waals surface area contributed by atoms with Crippen molar-refractivity contribution in [2.45, 2.75) is 19.4 Å². The van der Waals surface area contributed by atoms with Crippen LogP contribution < -0.4 is 0 Å². The predicted molar refractivity (Wildman–Crippen MR) is 74.3 cm³/mol. The fraction of sp³-hybridized carbons (Fsp3) is 0.545. The number of hydrogen-bond acceptors (Lipinski definition) is 5. The van der Waals surface area contributed by atoms with Gasteiger partial charge in [-0.3, -0.25) is 0 Å². The number of nitrogens with zero attached hydrogens (tertiary/aromatic N) is 3. The molecule has 0 spiro atoms. The molecule has 0 fully saturated rings. The van der Waals surface area contributed by atoms with E-state index in [1.165, 1.54) is 6.92 Å². The second-order valence-electron chi connectivity index (χ2n) is 4.57. The van der Waals surface area contributed by atoms with Gasteiger partial charge in [-0.2, -0.15) is 0 Å². The van der Waals surface area contributed by atoms with Gasteiger partial charge in [-0.1, -0.05) is 0 Å². The number of imide groups is 2. The minimum absolute atomic E-state index is 0.00140.